The minimum absolute atomic E-state index is 0.162. The van der Waals surface area contributed by atoms with Gasteiger partial charge in [-0.3, -0.25) is 9.48 Å². The zero-order chi connectivity index (χ0) is 11.3. The van der Waals surface area contributed by atoms with Gasteiger partial charge >= 0.3 is 0 Å². The third-order valence-electron chi connectivity index (χ3n) is 2.37. The summed E-state index contributed by atoms with van der Waals surface area (Å²) in [5, 5.41) is 4.07. The first-order valence-electron chi connectivity index (χ1n) is 5.45. The average Bonchev–Trinajstić information content (AvgIpc) is 2.64. The van der Waals surface area contributed by atoms with Crippen molar-refractivity contribution in [1.82, 2.24) is 9.78 Å². The number of aryl methyl sites for hydroxylation is 1. The summed E-state index contributed by atoms with van der Waals surface area (Å²) in [6.45, 7) is 4.67. The van der Waals surface area contributed by atoms with Crippen LogP contribution >= 0.6 is 0 Å². The minimum Gasteiger partial charge on any atom is -0.328 e. The minimum atomic E-state index is 0.162. The van der Waals surface area contributed by atoms with Crippen LogP contribution in [-0.4, -0.2) is 21.6 Å². The van der Waals surface area contributed by atoms with E-state index >= 15 is 0 Å². The van der Waals surface area contributed by atoms with Gasteiger partial charge < -0.3 is 5.73 Å². The molecule has 4 heteroatoms. The van der Waals surface area contributed by atoms with Crippen LogP contribution in [0.15, 0.2) is 12.3 Å². The molecule has 0 aliphatic rings. The normalized spacial score (nSPS) is 12.7. The van der Waals surface area contributed by atoms with E-state index < -0.39 is 0 Å². The van der Waals surface area contributed by atoms with Gasteiger partial charge in [-0.1, -0.05) is 0 Å². The summed E-state index contributed by atoms with van der Waals surface area (Å²) in [6.07, 6.45) is 3.98. The maximum Gasteiger partial charge on any atom is 0.180 e. The summed E-state index contributed by atoms with van der Waals surface area (Å²) in [7, 11) is 0. The number of hydrogen-bond donors (Lipinski definition) is 1. The predicted octanol–water partition coefficient (Wildman–Crippen LogP) is 1.60. The van der Waals surface area contributed by atoms with Gasteiger partial charge in [0.15, 0.2) is 5.78 Å². The number of hydrogen-bond acceptors (Lipinski definition) is 3. The lowest BCUT2D eigenvalue weighted by Crippen LogP contribution is -2.15. The van der Waals surface area contributed by atoms with Crippen LogP contribution in [0.3, 0.4) is 0 Å². The molecule has 0 amide bonds. The first-order chi connectivity index (χ1) is 7.15. The highest BCUT2D eigenvalue weighted by molar-refractivity contribution is 5.94. The summed E-state index contributed by atoms with van der Waals surface area (Å²) in [5.74, 6) is 0.162. The van der Waals surface area contributed by atoms with Crippen LogP contribution in [0.2, 0.25) is 0 Å². The van der Waals surface area contributed by atoms with Crippen molar-refractivity contribution in [3.05, 3.63) is 18.0 Å². The molecule has 1 aromatic rings. The SMILES string of the molecule is CCn1nccc1C(=O)CCCC(C)N. The lowest BCUT2D eigenvalue weighted by molar-refractivity contribution is 0.0968. The maximum atomic E-state index is 11.8. The maximum absolute atomic E-state index is 11.8. The van der Waals surface area contributed by atoms with Gasteiger partial charge in [-0.2, -0.15) is 5.10 Å². The zero-order valence-corrected chi connectivity index (χ0v) is 9.44. The van der Waals surface area contributed by atoms with Crippen molar-refractivity contribution in [2.45, 2.75) is 45.7 Å². The van der Waals surface area contributed by atoms with Gasteiger partial charge in [-0.15, -0.1) is 0 Å². The Morgan fingerprint density at radius 2 is 2.40 bits per heavy atom. The van der Waals surface area contributed by atoms with Gasteiger partial charge in [0, 0.05) is 25.2 Å². The number of Topliss-reactive ketones (excluding diaryl/α,β-unsaturated/α-hetero) is 1. The van der Waals surface area contributed by atoms with Crippen molar-refractivity contribution in [1.29, 1.82) is 0 Å². The van der Waals surface area contributed by atoms with Crippen LogP contribution in [0.4, 0.5) is 0 Å². The molecule has 1 rings (SSSR count). The lowest BCUT2D eigenvalue weighted by atomic mass is 10.1. The Bertz CT molecular complexity index is 317. The van der Waals surface area contributed by atoms with Crippen molar-refractivity contribution in [3.8, 4) is 0 Å². The summed E-state index contributed by atoms with van der Waals surface area (Å²) in [6, 6.07) is 1.95. The fourth-order valence-corrected chi connectivity index (χ4v) is 1.53. The molecule has 0 saturated carbocycles. The van der Waals surface area contributed by atoms with Crippen molar-refractivity contribution in [3.63, 3.8) is 0 Å². The second-order valence-electron chi connectivity index (χ2n) is 3.82. The van der Waals surface area contributed by atoms with Gasteiger partial charge in [-0.25, -0.2) is 0 Å². The van der Waals surface area contributed by atoms with Gasteiger partial charge in [0.05, 0.1) is 0 Å². The van der Waals surface area contributed by atoms with Gasteiger partial charge in [0.25, 0.3) is 0 Å². The van der Waals surface area contributed by atoms with Crippen molar-refractivity contribution in [2.75, 3.05) is 0 Å². The first-order valence-corrected chi connectivity index (χ1v) is 5.45. The van der Waals surface area contributed by atoms with E-state index in [2.05, 4.69) is 5.10 Å². The molecule has 0 radical (unpaired) electrons. The van der Waals surface area contributed by atoms with E-state index in [1.54, 1.807) is 16.9 Å². The van der Waals surface area contributed by atoms with E-state index in [9.17, 15) is 4.79 Å². The average molecular weight is 209 g/mol. The molecule has 1 heterocycles. The number of carbonyl (C=O) groups is 1. The van der Waals surface area contributed by atoms with E-state index in [-0.39, 0.29) is 11.8 Å². The van der Waals surface area contributed by atoms with Crippen LogP contribution in [0, 0.1) is 0 Å². The Kier molecular flexibility index (Phi) is 4.49. The van der Waals surface area contributed by atoms with E-state index in [1.165, 1.54) is 0 Å². The van der Waals surface area contributed by atoms with Crippen LogP contribution in [-0.2, 0) is 6.54 Å². The quantitative estimate of drug-likeness (QED) is 0.724. The molecule has 84 valence electrons. The number of ketones is 1. The molecule has 0 saturated heterocycles. The molecular formula is C11H19N3O. The van der Waals surface area contributed by atoms with Gasteiger partial charge in [-0.05, 0) is 32.8 Å². The highest BCUT2D eigenvalue weighted by Gasteiger charge is 2.10. The highest BCUT2D eigenvalue weighted by Crippen LogP contribution is 2.07. The summed E-state index contributed by atoms with van der Waals surface area (Å²) in [4.78, 5) is 11.8. The molecule has 1 aromatic heterocycles. The van der Waals surface area contributed by atoms with Crippen molar-refractivity contribution in [2.24, 2.45) is 5.73 Å². The van der Waals surface area contributed by atoms with Gasteiger partial charge in [0.2, 0.25) is 0 Å². The number of aromatic nitrogens is 2. The molecule has 4 nitrogen and oxygen atoms in total. The number of nitrogens with zero attached hydrogens (tertiary/aromatic N) is 2. The van der Waals surface area contributed by atoms with E-state index in [1.807, 2.05) is 13.8 Å². The Labute approximate surface area is 90.5 Å². The molecule has 0 aromatic carbocycles. The number of carbonyl (C=O) groups excluding carboxylic acids is 1. The lowest BCUT2D eigenvalue weighted by Gasteiger charge is -2.05. The Hall–Kier alpha value is -1.16. The summed E-state index contributed by atoms with van der Waals surface area (Å²) < 4.78 is 1.73. The fourth-order valence-electron chi connectivity index (χ4n) is 1.53. The topological polar surface area (TPSA) is 60.9 Å². The van der Waals surface area contributed by atoms with Crippen molar-refractivity contribution >= 4 is 5.78 Å². The predicted molar refractivity (Wildman–Crippen MR) is 59.7 cm³/mol. The largest absolute Gasteiger partial charge is 0.328 e. The first kappa shape index (κ1) is 11.9. The smallest absolute Gasteiger partial charge is 0.180 e. The van der Waals surface area contributed by atoms with Crippen LogP contribution in [0.5, 0.6) is 0 Å². The third-order valence-corrected chi connectivity index (χ3v) is 2.37. The number of rotatable bonds is 6. The molecule has 15 heavy (non-hydrogen) atoms. The Morgan fingerprint density at radius 1 is 1.67 bits per heavy atom. The number of nitrogens with two attached hydrogens (primary N) is 1. The molecule has 0 bridgehead atoms. The third kappa shape index (κ3) is 3.47. The molecule has 0 aliphatic heterocycles. The zero-order valence-electron chi connectivity index (χ0n) is 9.44. The van der Waals surface area contributed by atoms with Crippen LogP contribution < -0.4 is 5.73 Å². The molecular weight excluding hydrogens is 190 g/mol. The standard InChI is InChI=1S/C11H19N3O/c1-3-14-10(7-8-13-14)11(15)6-4-5-9(2)12/h7-9H,3-6,12H2,1-2H3. The molecule has 0 aliphatic carbocycles. The van der Waals surface area contributed by atoms with Crippen molar-refractivity contribution < 1.29 is 4.79 Å². The molecule has 0 spiro atoms. The van der Waals surface area contributed by atoms with Crippen LogP contribution in [0.1, 0.15) is 43.6 Å². The monoisotopic (exact) mass is 209 g/mol. The van der Waals surface area contributed by atoms with Gasteiger partial charge in [0.1, 0.15) is 5.69 Å². The second-order valence-corrected chi connectivity index (χ2v) is 3.82. The fraction of sp³-hybridized carbons (Fsp3) is 0.636. The summed E-state index contributed by atoms with van der Waals surface area (Å²) in [5.41, 5.74) is 6.33. The Balaban J connectivity index is 2.47. The molecule has 2 N–H and O–H groups in total. The molecule has 0 fully saturated rings. The van der Waals surface area contributed by atoms with E-state index in [0.29, 0.717) is 12.1 Å². The molecule has 1 atom stereocenters. The van der Waals surface area contributed by atoms with E-state index in [0.717, 1.165) is 19.4 Å². The molecule has 1 unspecified atom stereocenters. The Morgan fingerprint density at radius 3 is 3.00 bits per heavy atom. The summed E-state index contributed by atoms with van der Waals surface area (Å²) >= 11 is 0. The van der Waals surface area contributed by atoms with Crippen LogP contribution in [0.25, 0.3) is 0 Å². The highest BCUT2D eigenvalue weighted by atomic mass is 16.1. The second kappa shape index (κ2) is 5.66. The van der Waals surface area contributed by atoms with E-state index in [4.69, 9.17) is 5.73 Å².